The number of nitrogens with zero attached hydrogens (tertiary/aromatic N) is 4. The highest BCUT2D eigenvalue weighted by atomic mass is 16.5. The zero-order valence-corrected chi connectivity index (χ0v) is 10.2. The first kappa shape index (κ1) is 12.2. The largest absolute Gasteiger partial charge is 0.479 e. The summed E-state index contributed by atoms with van der Waals surface area (Å²) in [5.41, 5.74) is 6.22. The molecule has 7 heteroatoms. The lowest BCUT2D eigenvalue weighted by Crippen LogP contribution is -2.08. The fourth-order valence-corrected chi connectivity index (χ4v) is 1.52. The Balaban J connectivity index is 1.79. The van der Waals surface area contributed by atoms with E-state index in [2.05, 4.69) is 20.6 Å². The van der Waals surface area contributed by atoms with Crippen molar-refractivity contribution >= 4 is 11.5 Å². The van der Waals surface area contributed by atoms with E-state index in [0.29, 0.717) is 11.6 Å². The van der Waals surface area contributed by atoms with Gasteiger partial charge in [-0.25, -0.2) is 0 Å². The summed E-state index contributed by atoms with van der Waals surface area (Å²) in [6, 6.07) is 3.60. The Morgan fingerprint density at radius 2 is 2.33 bits per heavy atom. The lowest BCUT2D eigenvalue weighted by Gasteiger charge is -2.08. The maximum absolute atomic E-state index is 5.69. The summed E-state index contributed by atoms with van der Waals surface area (Å²) in [6.07, 6.45) is 4.43. The molecule has 0 spiro atoms. The van der Waals surface area contributed by atoms with Crippen LogP contribution in [0.25, 0.3) is 0 Å². The van der Waals surface area contributed by atoms with Crippen LogP contribution in [-0.4, -0.2) is 33.6 Å². The number of aromatic nitrogens is 4. The van der Waals surface area contributed by atoms with E-state index in [0.717, 1.165) is 25.3 Å². The van der Waals surface area contributed by atoms with Gasteiger partial charge < -0.3 is 15.8 Å². The molecule has 2 rings (SSSR count). The normalized spacial score (nSPS) is 10.3. The summed E-state index contributed by atoms with van der Waals surface area (Å²) in [5, 5.41) is 10.8. The lowest BCUT2D eigenvalue weighted by atomic mass is 10.3. The van der Waals surface area contributed by atoms with Crippen LogP contribution in [0.15, 0.2) is 24.5 Å². The highest BCUT2D eigenvalue weighted by Gasteiger charge is 2.02. The number of hydrogen-bond donors (Lipinski definition) is 2. The van der Waals surface area contributed by atoms with E-state index in [4.69, 9.17) is 10.5 Å². The minimum absolute atomic E-state index is 0.441. The lowest BCUT2D eigenvalue weighted by molar-refractivity contribution is 0.401. The second-order valence-electron chi connectivity index (χ2n) is 3.74. The molecular formula is C11H16N6O. The number of rotatable bonds is 6. The molecular weight excluding hydrogens is 232 g/mol. The van der Waals surface area contributed by atoms with E-state index >= 15 is 0 Å². The Labute approximate surface area is 105 Å². The number of nitrogen functional groups attached to an aromatic ring is 1. The van der Waals surface area contributed by atoms with Crippen molar-refractivity contribution in [1.82, 2.24) is 20.0 Å². The van der Waals surface area contributed by atoms with E-state index < -0.39 is 0 Å². The number of ether oxygens (including phenoxy) is 1. The molecule has 0 radical (unpaired) electrons. The van der Waals surface area contributed by atoms with Gasteiger partial charge in [0.1, 0.15) is 5.82 Å². The third kappa shape index (κ3) is 3.09. The fraction of sp³-hybridized carbons (Fsp3) is 0.364. The minimum Gasteiger partial charge on any atom is -0.479 e. The molecule has 0 amide bonds. The Morgan fingerprint density at radius 3 is 3.06 bits per heavy atom. The standard InChI is InChI=1S/C11H16N6O/c1-18-11-9(12)3-4-10(15-11)13-5-2-7-17-8-6-14-16-17/h3-4,6,8H,2,5,7,12H2,1H3,(H,13,15). The van der Waals surface area contributed by atoms with Crippen molar-refractivity contribution in [3.8, 4) is 5.88 Å². The Morgan fingerprint density at radius 1 is 1.44 bits per heavy atom. The summed E-state index contributed by atoms with van der Waals surface area (Å²) in [7, 11) is 1.55. The maximum Gasteiger partial charge on any atom is 0.238 e. The van der Waals surface area contributed by atoms with Crippen molar-refractivity contribution in [3.05, 3.63) is 24.5 Å². The third-order valence-corrected chi connectivity index (χ3v) is 2.43. The van der Waals surface area contributed by atoms with Crippen molar-refractivity contribution in [3.63, 3.8) is 0 Å². The second-order valence-corrected chi connectivity index (χ2v) is 3.74. The predicted octanol–water partition coefficient (Wildman–Crippen LogP) is 0.766. The number of nitrogens with one attached hydrogen (secondary N) is 1. The Hall–Kier alpha value is -2.31. The zero-order chi connectivity index (χ0) is 12.8. The van der Waals surface area contributed by atoms with Gasteiger partial charge in [0.05, 0.1) is 19.0 Å². The molecule has 7 nitrogen and oxygen atoms in total. The number of pyridine rings is 1. The molecule has 0 aliphatic rings. The van der Waals surface area contributed by atoms with E-state index in [1.54, 1.807) is 24.1 Å². The fourth-order valence-electron chi connectivity index (χ4n) is 1.52. The van der Waals surface area contributed by atoms with Crippen LogP contribution < -0.4 is 15.8 Å². The third-order valence-electron chi connectivity index (χ3n) is 2.43. The van der Waals surface area contributed by atoms with Gasteiger partial charge >= 0.3 is 0 Å². The summed E-state index contributed by atoms with van der Waals surface area (Å²) in [6.45, 7) is 1.61. The first-order valence-electron chi connectivity index (χ1n) is 5.68. The molecule has 0 saturated heterocycles. The smallest absolute Gasteiger partial charge is 0.238 e. The zero-order valence-electron chi connectivity index (χ0n) is 10.2. The quantitative estimate of drug-likeness (QED) is 0.734. The second kappa shape index (κ2) is 5.85. The summed E-state index contributed by atoms with van der Waals surface area (Å²) >= 11 is 0. The maximum atomic E-state index is 5.69. The number of nitrogens with two attached hydrogens (primary N) is 1. The molecule has 0 saturated carbocycles. The van der Waals surface area contributed by atoms with Gasteiger partial charge in [-0.1, -0.05) is 5.21 Å². The highest BCUT2D eigenvalue weighted by molar-refractivity contribution is 5.53. The van der Waals surface area contributed by atoms with Crippen LogP contribution in [0.3, 0.4) is 0 Å². The molecule has 96 valence electrons. The summed E-state index contributed by atoms with van der Waals surface area (Å²) < 4.78 is 6.84. The SMILES string of the molecule is COc1nc(NCCCn2ccnn2)ccc1N. The van der Waals surface area contributed by atoms with Crippen LogP contribution in [0.4, 0.5) is 11.5 Å². The first-order valence-corrected chi connectivity index (χ1v) is 5.68. The molecule has 0 aliphatic heterocycles. The van der Waals surface area contributed by atoms with Gasteiger partial charge in [0.25, 0.3) is 0 Å². The van der Waals surface area contributed by atoms with Gasteiger partial charge in [0.15, 0.2) is 0 Å². The minimum atomic E-state index is 0.441. The molecule has 2 heterocycles. The van der Waals surface area contributed by atoms with Crippen LogP contribution in [0.5, 0.6) is 5.88 Å². The van der Waals surface area contributed by atoms with Gasteiger partial charge in [-0.05, 0) is 18.6 Å². The molecule has 0 aliphatic carbocycles. The van der Waals surface area contributed by atoms with Crippen molar-refractivity contribution < 1.29 is 4.74 Å². The van der Waals surface area contributed by atoms with E-state index in [1.165, 1.54) is 0 Å². The molecule has 0 bridgehead atoms. The van der Waals surface area contributed by atoms with Crippen LogP contribution >= 0.6 is 0 Å². The molecule has 2 aromatic heterocycles. The molecule has 2 aromatic rings. The molecule has 0 unspecified atom stereocenters. The Bertz CT molecular complexity index is 484. The van der Waals surface area contributed by atoms with Crippen LogP contribution in [-0.2, 0) is 6.54 Å². The highest BCUT2D eigenvalue weighted by Crippen LogP contribution is 2.19. The van der Waals surface area contributed by atoms with E-state index in [9.17, 15) is 0 Å². The van der Waals surface area contributed by atoms with Crippen molar-refractivity contribution in [2.75, 3.05) is 24.7 Å². The number of methoxy groups -OCH3 is 1. The molecule has 0 atom stereocenters. The van der Waals surface area contributed by atoms with Gasteiger partial charge in [0, 0.05) is 19.3 Å². The first-order chi connectivity index (χ1) is 8.79. The van der Waals surface area contributed by atoms with Gasteiger partial charge in [-0.2, -0.15) is 4.98 Å². The predicted molar refractivity (Wildman–Crippen MR) is 68.3 cm³/mol. The number of aryl methyl sites for hydroxylation is 1. The van der Waals surface area contributed by atoms with Gasteiger partial charge in [-0.3, -0.25) is 4.68 Å². The molecule has 0 fully saturated rings. The van der Waals surface area contributed by atoms with E-state index in [-0.39, 0.29) is 0 Å². The number of hydrogen-bond acceptors (Lipinski definition) is 6. The average Bonchev–Trinajstić information content (AvgIpc) is 2.89. The van der Waals surface area contributed by atoms with Gasteiger partial charge in [0.2, 0.25) is 5.88 Å². The van der Waals surface area contributed by atoms with Crippen molar-refractivity contribution in [2.45, 2.75) is 13.0 Å². The van der Waals surface area contributed by atoms with E-state index in [1.807, 2.05) is 12.3 Å². The monoisotopic (exact) mass is 248 g/mol. The molecule has 3 N–H and O–H groups in total. The Kier molecular flexibility index (Phi) is 3.95. The summed E-state index contributed by atoms with van der Waals surface area (Å²) in [5.74, 6) is 1.19. The molecule has 18 heavy (non-hydrogen) atoms. The van der Waals surface area contributed by atoms with Crippen molar-refractivity contribution in [1.29, 1.82) is 0 Å². The average molecular weight is 248 g/mol. The van der Waals surface area contributed by atoms with Crippen molar-refractivity contribution in [2.24, 2.45) is 0 Å². The summed E-state index contributed by atoms with van der Waals surface area (Å²) in [4.78, 5) is 4.23. The van der Waals surface area contributed by atoms with Crippen LogP contribution in [0.2, 0.25) is 0 Å². The molecule has 0 aromatic carbocycles. The number of anilines is 2. The van der Waals surface area contributed by atoms with Gasteiger partial charge in [-0.15, -0.1) is 5.10 Å². The topological polar surface area (TPSA) is 90.9 Å². The van der Waals surface area contributed by atoms with Crippen LogP contribution in [0, 0.1) is 0 Å². The van der Waals surface area contributed by atoms with Crippen LogP contribution in [0.1, 0.15) is 6.42 Å².